The fourth-order valence-corrected chi connectivity index (χ4v) is 3.66. The van der Waals surface area contributed by atoms with Gasteiger partial charge in [0.2, 0.25) is 0 Å². The van der Waals surface area contributed by atoms with Crippen molar-refractivity contribution in [2.24, 2.45) is 5.73 Å². The van der Waals surface area contributed by atoms with Crippen LogP contribution >= 0.6 is 11.6 Å². The molecule has 2 fully saturated rings. The molecule has 2 heterocycles. The van der Waals surface area contributed by atoms with E-state index >= 15 is 0 Å². The van der Waals surface area contributed by atoms with Gasteiger partial charge in [0.25, 0.3) is 0 Å². The summed E-state index contributed by atoms with van der Waals surface area (Å²) >= 11 is 6.36. The third kappa shape index (κ3) is 2.73. The van der Waals surface area contributed by atoms with Gasteiger partial charge in [-0.3, -0.25) is 4.90 Å². The van der Waals surface area contributed by atoms with Crippen molar-refractivity contribution in [3.63, 3.8) is 0 Å². The largest absolute Gasteiger partial charge is 0.336 e. The van der Waals surface area contributed by atoms with Crippen molar-refractivity contribution in [1.29, 1.82) is 0 Å². The van der Waals surface area contributed by atoms with E-state index in [0.717, 1.165) is 30.2 Å². The topological polar surface area (TPSA) is 61.6 Å². The quantitative estimate of drug-likeness (QED) is 0.888. The molecule has 3 atom stereocenters. The molecule has 0 bridgehead atoms. The lowest BCUT2D eigenvalue weighted by atomic mass is 9.97. The Morgan fingerprint density at radius 2 is 2.14 bits per heavy atom. The van der Waals surface area contributed by atoms with E-state index < -0.39 is 0 Å². The standard InChI is InChI=1S/C15H21ClN4O/c1-10(17)14(12-4-2-3-5-13(12)16)19-6-7-20-11(9-19)8-18-15(20)21/h2-5,10-11,14H,6-9,17H2,1H3,(H,18,21). The summed E-state index contributed by atoms with van der Waals surface area (Å²) in [6, 6.07) is 8.21. The molecule has 0 aromatic heterocycles. The van der Waals surface area contributed by atoms with E-state index in [-0.39, 0.29) is 24.2 Å². The molecule has 3 rings (SSSR count). The number of benzene rings is 1. The Kier molecular flexibility index (Phi) is 4.06. The van der Waals surface area contributed by atoms with Crippen LogP contribution in [0.3, 0.4) is 0 Å². The molecule has 21 heavy (non-hydrogen) atoms. The van der Waals surface area contributed by atoms with Crippen LogP contribution in [0.2, 0.25) is 5.02 Å². The normalized spacial score (nSPS) is 25.4. The van der Waals surface area contributed by atoms with Gasteiger partial charge in [-0.15, -0.1) is 0 Å². The number of urea groups is 1. The van der Waals surface area contributed by atoms with Crippen LogP contribution in [0, 0.1) is 0 Å². The molecule has 0 radical (unpaired) electrons. The number of carbonyl (C=O) groups excluding carboxylic acids is 1. The maximum absolute atomic E-state index is 11.7. The first-order valence-corrected chi connectivity index (χ1v) is 7.74. The summed E-state index contributed by atoms with van der Waals surface area (Å²) in [5.41, 5.74) is 7.31. The number of hydrogen-bond acceptors (Lipinski definition) is 3. The molecule has 2 aliphatic heterocycles. The van der Waals surface area contributed by atoms with E-state index in [4.69, 9.17) is 17.3 Å². The first-order valence-electron chi connectivity index (χ1n) is 7.36. The molecule has 1 aromatic rings. The van der Waals surface area contributed by atoms with E-state index in [1.807, 2.05) is 36.1 Å². The average Bonchev–Trinajstić information content (AvgIpc) is 2.82. The van der Waals surface area contributed by atoms with E-state index in [9.17, 15) is 4.79 Å². The van der Waals surface area contributed by atoms with Gasteiger partial charge in [0.1, 0.15) is 0 Å². The van der Waals surface area contributed by atoms with Gasteiger partial charge >= 0.3 is 6.03 Å². The number of piperazine rings is 1. The van der Waals surface area contributed by atoms with Crippen LogP contribution in [0.25, 0.3) is 0 Å². The number of carbonyl (C=O) groups is 1. The molecule has 6 heteroatoms. The molecule has 0 aliphatic carbocycles. The molecule has 2 amide bonds. The summed E-state index contributed by atoms with van der Waals surface area (Å²) in [5.74, 6) is 0. The summed E-state index contributed by atoms with van der Waals surface area (Å²) in [7, 11) is 0. The minimum atomic E-state index is -0.0264. The summed E-state index contributed by atoms with van der Waals surface area (Å²) in [6.07, 6.45) is 0. The molecule has 114 valence electrons. The molecule has 0 spiro atoms. The highest BCUT2D eigenvalue weighted by atomic mass is 35.5. The molecule has 2 aliphatic rings. The Labute approximate surface area is 130 Å². The lowest BCUT2D eigenvalue weighted by molar-refractivity contribution is 0.0795. The predicted molar refractivity (Wildman–Crippen MR) is 83.3 cm³/mol. The van der Waals surface area contributed by atoms with Gasteiger partial charge in [-0.25, -0.2) is 4.79 Å². The Bertz CT molecular complexity index is 536. The zero-order chi connectivity index (χ0) is 15.0. The molecule has 3 unspecified atom stereocenters. The highest BCUT2D eigenvalue weighted by molar-refractivity contribution is 6.31. The zero-order valence-electron chi connectivity index (χ0n) is 12.1. The second-order valence-electron chi connectivity index (χ2n) is 5.85. The van der Waals surface area contributed by atoms with Crippen LogP contribution in [0.4, 0.5) is 4.79 Å². The number of halogens is 1. The van der Waals surface area contributed by atoms with Crippen molar-refractivity contribution < 1.29 is 4.79 Å². The first-order chi connectivity index (χ1) is 10.1. The van der Waals surface area contributed by atoms with Crippen LogP contribution in [0.5, 0.6) is 0 Å². The Morgan fingerprint density at radius 3 is 2.86 bits per heavy atom. The first kappa shape index (κ1) is 14.6. The minimum absolute atomic E-state index is 0.0264. The van der Waals surface area contributed by atoms with Gasteiger partial charge in [0.05, 0.1) is 12.1 Å². The lowest BCUT2D eigenvalue weighted by Gasteiger charge is -2.42. The second kappa shape index (κ2) is 5.83. The van der Waals surface area contributed by atoms with Gasteiger partial charge < -0.3 is 16.0 Å². The number of hydrogen-bond donors (Lipinski definition) is 2. The van der Waals surface area contributed by atoms with Gasteiger partial charge in [-0.2, -0.15) is 0 Å². The molecule has 0 saturated carbocycles. The Balaban J connectivity index is 1.83. The maximum atomic E-state index is 11.7. The van der Waals surface area contributed by atoms with Gasteiger partial charge in [0, 0.05) is 37.2 Å². The van der Waals surface area contributed by atoms with E-state index in [1.165, 1.54) is 0 Å². The minimum Gasteiger partial charge on any atom is -0.336 e. The number of nitrogens with one attached hydrogen (secondary N) is 1. The molecule has 1 aromatic carbocycles. The number of nitrogens with two attached hydrogens (primary N) is 1. The Morgan fingerprint density at radius 1 is 1.38 bits per heavy atom. The van der Waals surface area contributed by atoms with E-state index in [0.29, 0.717) is 6.54 Å². The van der Waals surface area contributed by atoms with Crippen LogP contribution in [-0.4, -0.2) is 54.1 Å². The van der Waals surface area contributed by atoms with E-state index in [2.05, 4.69) is 10.2 Å². The van der Waals surface area contributed by atoms with Crippen LogP contribution in [-0.2, 0) is 0 Å². The van der Waals surface area contributed by atoms with Crippen molar-refractivity contribution in [3.8, 4) is 0 Å². The summed E-state index contributed by atoms with van der Waals surface area (Å²) in [6.45, 7) is 5.11. The third-order valence-electron chi connectivity index (χ3n) is 4.38. The van der Waals surface area contributed by atoms with Crippen molar-refractivity contribution in [1.82, 2.24) is 15.1 Å². The number of rotatable bonds is 3. The zero-order valence-corrected chi connectivity index (χ0v) is 12.9. The highest BCUT2D eigenvalue weighted by Gasteiger charge is 2.38. The van der Waals surface area contributed by atoms with Crippen molar-refractivity contribution in [2.45, 2.75) is 25.0 Å². The summed E-state index contributed by atoms with van der Waals surface area (Å²) in [5, 5.41) is 3.66. The average molecular weight is 309 g/mol. The SMILES string of the molecule is CC(N)C(c1ccccc1Cl)N1CCN2C(=O)NCC2C1. The summed E-state index contributed by atoms with van der Waals surface area (Å²) in [4.78, 5) is 16.0. The number of amides is 2. The van der Waals surface area contributed by atoms with Gasteiger partial charge in [-0.1, -0.05) is 29.8 Å². The fourth-order valence-electron chi connectivity index (χ4n) is 3.41. The number of fused-ring (bicyclic) bond motifs is 1. The fraction of sp³-hybridized carbons (Fsp3) is 0.533. The van der Waals surface area contributed by atoms with E-state index in [1.54, 1.807) is 0 Å². The molecule has 3 N–H and O–H groups in total. The molecule has 5 nitrogen and oxygen atoms in total. The van der Waals surface area contributed by atoms with Gasteiger partial charge in [-0.05, 0) is 18.6 Å². The molecular weight excluding hydrogens is 288 g/mol. The maximum Gasteiger partial charge on any atom is 0.317 e. The predicted octanol–water partition coefficient (Wildman–Crippen LogP) is 1.44. The molecular formula is C15H21ClN4O. The summed E-state index contributed by atoms with van der Waals surface area (Å²) < 4.78 is 0. The van der Waals surface area contributed by atoms with Gasteiger partial charge in [0.15, 0.2) is 0 Å². The second-order valence-corrected chi connectivity index (χ2v) is 6.26. The third-order valence-corrected chi connectivity index (χ3v) is 4.72. The number of nitrogens with zero attached hydrogens (tertiary/aromatic N) is 2. The van der Waals surface area contributed by atoms with Crippen molar-refractivity contribution in [3.05, 3.63) is 34.9 Å². The van der Waals surface area contributed by atoms with Crippen molar-refractivity contribution in [2.75, 3.05) is 26.2 Å². The van der Waals surface area contributed by atoms with Crippen molar-refractivity contribution >= 4 is 17.6 Å². The smallest absolute Gasteiger partial charge is 0.317 e. The monoisotopic (exact) mass is 308 g/mol. The molecule has 2 saturated heterocycles. The lowest BCUT2D eigenvalue weighted by Crippen LogP contribution is -2.55. The Hall–Kier alpha value is -1.30. The van der Waals surface area contributed by atoms with Crippen LogP contribution in [0.15, 0.2) is 24.3 Å². The highest BCUT2D eigenvalue weighted by Crippen LogP contribution is 2.31. The van der Waals surface area contributed by atoms with Crippen LogP contribution < -0.4 is 11.1 Å². The van der Waals surface area contributed by atoms with Crippen LogP contribution in [0.1, 0.15) is 18.5 Å².